The maximum atomic E-state index is 11.4. The Labute approximate surface area is 116 Å². The molecule has 106 valence electrons. The summed E-state index contributed by atoms with van der Waals surface area (Å²) in [7, 11) is 0. The van der Waals surface area contributed by atoms with E-state index in [1.165, 1.54) is 12.1 Å². The summed E-state index contributed by atoms with van der Waals surface area (Å²) in [5, 5.41) is 18.5. The van der Waals surface area contributed by atoms with E-state index in [1.807, 2.05) is 6.92 Å². The summed E-state index contributed by atoms with van der Waals surface area (Å²) in [5.74, 6) is -2.52. The van der Waals surface area contributed by atoms with Crippen LogP contribution < -0.4 is 0 Å². The lowest BCUT2D eigenvalue weighted by Crippen LogP contribution is -2.12. The van der Waals surface area contributed by atoms with Crippen LogP contribution in [0.2, 0.25) is 0 Å². The Kier molecular flexibility index (Phi) is 5.20. The van der Waals surface area contributed by atoms with Crippen LogP contribution in [0.4, 0.5) is 0 Å². The number of carboxylic acid groups (broad SMARTS) is 2. The van der Waals surface area contributed by atoms with E-state index in [9.17, 15) is 19.5 Å². The topological polar surface area (TPSA) is 91.7 Å². The van der Waals surface area contributed by atoms with Gasteiger partial charge in [-0.05, 0) is 30.0 Å². The first kappa shape index (κ1) is 15.6. The van der Waals surface area contributed by atoms with Crippen molar-refractivity contribution in [2.45, 2.75) is 26.7 Å². The lowest BCUT2D eigenvalue weighted by Gasteiger charge is -2.12. The number of benzene rings is 1. The molecule has 0 saturated heterocycles. The molecule has 0 aliphatic heterocycles. The average molecular weight is 276 g/mol. The highest BCUT2D eigenvalue weighted by Crippen LogP contribution is 2.26. The van der Waals surface area contributed by atoms with E-state index in [2.05, 4.69) is 0 Å². The molecule has 0 amide bonds. The number of aryl methyl sites for hydroxylation is 1. The molecule has 2 N–H and O–H groups in total. The van der Waals surface area contributed by atoms with E-state index in [1.54, 1.807) is 13.0 Å². The molecule has 5 heteroatoms. The summed E-state index contributed by atoms with van der Waals surface area (Å²) in [4.78, 5) is 33.4. The quantitative estimate of drug-likeness (QED) is 0.615. The minimum atomic E-state index is -1.28. The van der Waals surface area contributed by atoms with Crippen LogP contribution in [0.25, 0.3) is 5.57 Å². The summed E-state index contributed by atoms with van der Waals surface area (Å²) in [6.07, 6.45) is 1.28. The molecular formula is C15H16O5. The number of aldehydes is 1. The highest BCUT2D eigenvalue weighted by Gasteiger charge is 2.22. The Balaban J connectivity index is 3.63. The summed E-state index contributed by atoms with van der Waals surface area (Å²) in [6, 6.07) is 4.56. The molecule has 0 spiro atoms. The molecule has 0 bridgehead atoms. The monoisotopic (exact) mass is 276 g/mol. The predicted molar refractivity (Wildman–Crippen MR) is 73.7 cm³/mol. The van der Waals surface area contributed by atoms with Gasteiger partial charge >= 0.3 is 11.9 Å². The third-order valence-electron chi connectivity index (χ3n) is 3.04. The van der Waals surface area contributed by atoms with Crippen molar-refractivity contribution in [2.24, 2.45) is 0 Å². The molecule has 0 unspecified atom stereocenters. The van der Waals surface area contributed by atoms with Gasteiger partial charge in [0, 0.05) is 5.56 Å². The first-order chi connectivity index (χ1) is 9.46. The average Bonchev–Trinajstić information content (AvgIpc) is 2.43. The second-order valence-electron chi connectivity index (χ2n) is 4.21. The van der Waals surface area contributed by atoms with Crippen LogP contribution in [0.5, 0.6) is 0 Å². The second kappa shape index (κ2) is 6.65. The van der Waals surface area contributed by atoms with E-state index >= 15 is 0 Å². The molecule has 0 aromatic heterocycles. The number of hydrogen-bond acceptors (Lipinski definition) is 3. The van der Waals surface area contributed by atoms with Crippen LogP contribution in [0.3, 0.4) is 0 Å². The van der Waals surface area contributed by atoms with Gasteiger partial charge in [0.2, 0.25) is 0 Å². The van der Waals surface area contributed by atoms with Crippen LogP contribution in [0.15, 0.2) is 23.8 Å². The van der Waals surface area contributed by atoms with E-state index in [-0.39, 0.29) is 17.6 Å². The van der Waals surface area contributed by atoms with Gasteiger partial charge in [-0.2, -0.15) is 0 Å². The van der Waals surface area contributed by atoms with Crippen molar-refractivity contribution in [1.82, 2.24) is 0 Å². The van der Waals surface area contributed by atoms with Crippen LogP contribution in [0, 0.1) is 0 Å². The Morgan fingerprint density at radius 1 is 1.15 bits per heavy atom. The molecule has 0 heterocycles. The largest absolute Gasteiger partial charge is 0.478 e. The molecule has 0 fully saturated rings. The molecule has 20 heavy (non-hydrogen) atoms. The number of carbonyl (C=O) groups is 3. The smallest absolute Gasteiger partial charge is 0.336 e. The van der Waals surface area contributed by atoms with Crippen molar-refractivity contribution in [3.8, 4) is 0 Å². The maximum Gasteiger partial charge on any atom is 0.336 e. The number of hydrogen-bond donors (Lipinski definition) is 2. The van der Waals surface area contributed by atoms with Gasteiger partial charge in [-0.1, -0.05) is 26.0 Å². The molecule has 0 aliphatic rings. The van der Waals surface area contributed by atoms with Crippen LogP contribution in [-0.4, -0.2) is 28.4 Å². The van der Waals surface area contributed by atoms with Crippen molar-refractivity contribution in [3.63, 3.8) is 0 Å². The minimum absolute atomic E-state index is 0.107. The summed E-state index contributed by atoms with van der Waals surface area (Å²) >= 11 is 0. The Morgan fingerprint density at radius 3 is 2.20 bits per heavy atom. The normalized spacial score (nSPS) is 11.7. The van der Waals surface area contributed by atoms with Crippen LogP contribution >= 0.6 is 0 Å². The van der Waals surface area contributed by atoms with Crippen molar-refractivity contribution < 1.29 is 24.6 Å². The van der Waals surface area contributed by atoms with Gasteiger partial charge in [0.25, 0.3) is 0 Å². The zero-order valence-corrected chi connectivity index (χ0v) is 11.3. The summed E-state index contributed by atoms with van der Waals surface area (Å²) < 4.78 is 0. The first-order valence-corrected chi connectivity index (χ1v) is 6.24. The second-order valence-corrected chi connectivity index (χ2v) is 4.21. The lowest BCUT2D eigenvalue weighted by molar-refractivity contribution is -0.134. The fraction of sp³-hybridized carbons (Fsp3) is 0.267. The molecule has 1 aromatic carbocycles. The summed E-state index contributed by atoms with van der Waals surface area (Å²) in [6.45, 7) is 3.41. The van der Waals surface area contributed by atoms with Crippen LogP contribution in [-0.2, 0) is 16.0 Å². The standard InChI is InChI=1S/C15H16O5/c1-3-10-7-9(8-16)5-6-12(10)13(15(19)20)11(4-2)14(17)18/h5-8H,3-4H2,1-2H3,(H,17,18)(H,19,20). The van der Waals surface area contributed by atoms with Gasteiger partial charge in [-0.3, -0.25) is 4.79 Å². The third kappa shape index (κ3) is 3.12. The number of rotatable bonds is 6. The van der Waals surface area contributed by atoms with Gasteiger partial charge in [-0.25, -0.2) is 9.59 Å². The van der Waals surface area contributed by atoms with Crippen molar-refractivity contribution >= 4 is 23.8 Å². The molecular weight excluding hydrogens is 260 g/mol. The summed E-state index contributed by atoms with van der Waals surface area (Å²) in [5.41, 5.74) is 1.06. The fourth-order valence-corrected chi connectivity index (χ4v) is 2.07. The maximum absolute atomic E-state index is 11.4. The molecule has 0 atom stereocenters. The fourth-order valence-electron chi connectivity index (χ4n) is 2.07. The molecule has 0 radical (unpaired) electrons. The van der Waals surface area contributed by atoms with Crippen molar-refractivity contribution in [1.29, 1.82) is 0 Å². The van der Waals surface area contributed by atoms with E-state index in [4.69, 9.17) is 5.11 Å². The molecule has 0 saturated carbocycles. The van der Waals surface area contributed by atoms with E-state index in [0.717, 1.165) is 0 Å². The SMILES string of the molecule is CCC(C(=O)O)=C(C(=O)O)c1ccc(C=O)cc1CC. The van der Waals surface area contributed by atoms with Crippen LogP contribution in [0.1, 0.15) is 41.8 Å². The van der Waals surface area contributed by atoms with E-state index < -0.39 is 11.9 Å². The first-order valence-electron chi connectivity index (χ1n) is 6.24. The Morgan fingerprint density at radius 2 is 1.80 bits per heavy atom. The van der Waals surface area contributed by atoms with Gasteiger partial charge in [-0.15, -0.1) is 0 Å². The number of carboxylic acids is 2. The van der Waals surface area contributed by atoms with Gasteiger partial charge < -0.3 is 10.2 Å². The van der Waals surface area contributed by atoms with Gasteiger partial charge in [0.05, 0.1) is 11.1 Å². The molecule has 1 rings (SSSR count). The minimum Gasteiger partial charge on any atom is -0.478 e. The molecule has 5 nitrogen and oxygen atoms in total. The zero-order chi connectivity index (χ0) is 15.3. The van der Waals surface area contributed by atoms with Crippen molar-refractivity contribution in [2.75, 3.05) is 0 Å². The number of aliphatic carboxylic acids is 2. The Hall–Kier alpha value is -2.43. The third-order valence-corrected chi connectivity index (χ3v) is 3.04. The van der Waals surface area contributed by atoms with Crippen molar-refractivity contribution in [3.05, 3.63) is 40.5 Å². The van der Waals surface area contributed by atoms with E-state index in [0.29, 0.717) is 29.4 Å². The Bertz CT molecular complexity index is 584. The molecule has 0 aliphatic carbocycles. The predicted octanol–water partition coefficient (Wildman–Crippen LogP) is 2.39. The highest BCUT2D eigenvalue weighted by molar-refractivity contribution is 6.22. The van der Waals surface area contributed by atoms with Gasteiger partial charge in [0.15, 0.2) is 0 Å². The zero-order valence-electron chi connectivity index (χ0n) is 11.3. The highest BCUT2D eigenvalue weighted by atomic mass is 16.4. The van der Waals surface area contributed by atoms with Gasteiger partial charge in [0.1, 0.15) is 6.29 Å². The lowest BCUT2D eigenvalue weighted by atomic mass is 9.92. The molecule has 1 aromatic rings. The number of carbonyl (C=O) groups excluding carboxylic acids is 1.